The molecule has 0 aliphatic heterocycles. The van der Waals surface area contributed by atoms with Gasteiger partial charge in [0, 0.05) is 0 Å². The molecule has 1 aromatic carbocycles. The second-order valence-electron chi connectivity index (χ2n) is 6.44. The zero-order valence-electron chi connectivity index (χ0n) is 15.5. The number of carbonyl (C=O) groups excluding carboxylic acids is 1. The molecule has 2 N–H and O–H groups in total. The molecule has 0 aliphatic rings. The normalized spacial score (nSPS) is 11.1. The van der Waals surface area contributed by atoms with E-state index < -0.39 is 11.6 Å². The Morgan fingerprint density at radius 2 is 2.18 bits per heavy atom. The van der Waals surface area contributed by atoms with E-state index in [9.17, 15) is 9.59 Å². The number of hydrazone groups is 1. The number of hydrogen-bond acceptors (Lipinski definition) is 6. The molecule has 0 saturated carbocycles. The van der Waals surface area contributed by atoms with Crippen LogP contribution in [0.2, 0.25) is 0 Å². The van der Waals surface area contributed by atoms with Gasteiger partial charge in [0.1, 0.15) is 11.4 Å². The summed E-state index contributed by atoms with van der Waals surface area (Å²) in [4.78, 5) is 31.2. The molecular formula is C20H20N4O3S. The minimum absolute atomic E-state index is 0.00156. The first-order valence-electron chi connectivity index (χ1n) is 8.73. The number of benzene rings is 1. The number of amides is 1. The zero-order valence-corrected chi connectivity index (χ0v) is 16.3. The van der Waals surface area contributed by atoms with Gasteiger partial charge in [0.05, 0.1) is 23.4 Å². The highest BCUT2D eigenvalue weighted by molar-refractivity contribution is 7.13. The van der Waals surface area contributed by atoms with Crippen molar-refractivity contribution < 1.29 is 9.53 Å². The molecule has 0 saturated heterocycles. The van der Waals surface area contributed by atoms with E-state index in [1.807, 2.05) is 41.8 Å². The number of thiophene rings is 1. The Balaban J connectivity index is 1.67. The van der Waals surface area contributed by atoms with E-state index in [1.165, 1.54) is 23.6 Å². The average molecular weight is 396 g/mol. The van der Waals surface area contributed by atoms with Crippen molar-refractivity contribution in [2.24, 2.45) is 11.0 Å². The topological polar surface area (TPSA) is 96.4 Å². The summed E-state index contributed by atoms with van der Waals surface area (Å²) in [5, 5.41) is 5.83. The number of nitrogens with zero attached hydrogens (tertiary/aromatic N) is 2. The second kappa shape index (κ2) is 9.09. The van der Waals surface area contributed by atoms with E-state index in [1.54, 1.807) is 0 Å². The van der Waals surface area contributed by atoms with Gasteiger partial charge < -0.3 is 9.72 Å². The lowest BCUT2D eigenvalue weighted by atomic mass is 10.2. The molecule has 0 unspecified atom stereocenters. The van der Waals surface area contributed by atoms with Crippen molar-refractivity contribution in [2.45, 2.75) is 13.8 Å². The minimum Gasteiger partial charge on any atom is -0.493 e. The summed E-state index contributed by atoms with van der Waals surface area (Å²) in [6.07, 6.45) is 1.51. The van der Waals surface area contributed by atoms with E-state index in [2.05, 4.69) is 34.3 Å². The van der Waals surface area contributed by atoms with Crippen LogP contribution in [0.1, 0.15) is 29.9 Å². The Hall–Kier alpha value is -3.26. The minimum atomic E-state index is -0.588. The zero-order chi connectivity index (χ0) is 19.9. The molecule has 3 aromatic rings. The van der Waals surface area contributed by atoms with Gasteiger partial charge in [-0.2, -0.15) is 10.1 Å². The van der Waals surface area contributed by atoms with Gasteiger partial charge in [-0.1, -0.05) is 32.0 Å². The lowest BCUT2D eigenvalue weighted by molar-refractivity contribution is 0.0949. The van der Waals surface area contributed by atoms with Crippen LogP contribution >= 0.6 is 11.3 Å². The fraction of sp³-hybridized carbons (Fsp3) is 0.200. The summed E-state index contributed by atoms with van der Waals surface area (Å²) in [7, 11) is 0. The number of ether oxygens (including phenoxy) is 1. The molecule has 2 aromatic heterocycles. The van der Waals surface area contributed by atoms with Crippen molar-refractivity contribution in [3.8, 4) is 16.3 Å². The number of hydrogen-bond donors (Lipinski definition) is 2. The monoisotopic (exact) mass is 396 g/mol. The molecule has 0 atom stereocenters. The third-order valence-corrected chi connectivity index (χ3v) is 4.49. The molecule has 7 nitrogen and oxygen atoms in total. The van der Waals surface area contributed by atoms with Gasteiger partial charge in [-0.15, -0.1) is 11.3 Å². The van der Waals surface area contributed by atoms with Crippen molar-refractivity contribution in [3.05, 3.63) is 69.6 Å². The summed E-state index contributed by atoms with van der Waals surface area (Å²) < 4.78 is 5.67. The first-order valence-corrected chi connectivity index (χ1v) is 9.61. The predicted octanol–water partition coefficient (Wildman–Crippen LogP) is 3.30. The van der Waals surface area contributed by atoms with E-state index in [0.29, 0.717) is 18.2 Å². The van der Waals surface area contributed by atoms with Gasteiger partial charge in [-0.25, -0.2) is 10.2 Å². The number of H-pyrrole nitrogens is 1. The molecule has 2 heterocycles. The van der Waals surface area contributed by atoms with Crippen molar-refractivity contribution >= 4 is 23.5 Å². The van der Waals surface area contributed by atoms with Gasteiger partial charge in [0.2, 0.25) is 0 Å². The largest absolute Gasteiger partial charge is 0.493 e. The Labute approximate surface area is 166 Å². The molecule has 0 fully saturated rings. The molecule has 0 aliphatic carbocycles. The highest BCUT2D eigenvalue weighted by atomic mass is 32.1. The maximum atomic E-state index is 12.3. The lowest BCUT2D eigenvalue weighted by Gasteiger charge is -2.08. The number of carbonyl (C=O) groups is 1. The fourth-order valence-corrected chi connectivity index (χ4v) is 3.01. The van der Waals surface area contributed by atoms with Crippen molar-refractivity contribution in [3.63, 3.8) is 0 Å². The van der Waals surface area contributed by atoms with Crippen LogP contribution in [0.4, 0.5) is 0 Å². The van der Waals surface area contributed by atoms with Crippen LogP contribution in [0.25, 0.3) is 10.6 Å². The number of aromatic amines is 1. The maximum Gasteiger partial charge on any atom is 0.346 e. The average Bonchev–Trinajstić information content (AvgIpc) is 3.21. The Bertz CT molecular complexity index is 1030. The third-order valence-electron chi connectivity index (χ3n) is 3.59. The van der Waals surface area contributed by atoms with Crippen LogP contribution in [0.3, 0.4) is 0 Å². The van der Waals surface area contributed by atoms with Crippen LogP contribution in [-0.2, 0) is 0 Å². The molecule has 0 radical (unpaired) electrons. The Kier molecular flexibility index (Phi) is 6.33. The van der Waals surface area contributed by atoms with E-state index in [4.69, 9.17) is 4.74 Å². The molecule has 144 valence electrons. The van der Waals surface area contributed by atoms with Crippen LogP contribution in [0.15, 0.2) is 57.7 Å². The Morgan fingerprint density at radius 1 is 1.32 bits per heavy atom. The summed E-state index contributed by atoms with van der Waals surface area (Å²) >= 11 is 1.46. The van der Waals surface area contributed by atoms with Crippen LogP contribution < -0.4 is 15.9 Å². The first kappa shape index (κ1) is 19.5. The summed E-state index contributed by atoms with van der Waals surface area (Å²) in [6, 6.07) is 12.6. The number of nitrogens with one attached hydrogen (secondary N) is 2. The molecule has 1 amide bonds. The van der Waals surface area contributed by atoms with Crippen molar-refractivity contribution in [1.29, 1.82) is 0 Å². The van der Waals surface area contributed by atoms with Gasteiger partial charge >= 0.3 is 5.69 Å². The van der Waals surface area contributed by atoms with E-state index >= 15 is 0 Å². The van der Waals surface area contributed by atoms with E-state index in [0.717, 1.165) is 16.2 Å². The summed E-state index contributed by atoms with van der Waals surface area (Å²) in [5.41, 5.74) is 3.12. The fourth-order valence-electron chi connectivity index (χ4n) is 2.31. The van der Waals surface area contributed by atoms with Crippen LogP contribution in [0, 0.1) is 5.92 Å². The molecular weight excluding hydrogens is 376 g/mol. The number of aromatic nitrogens is 2. The van der Waals surface area contributed by atoms with Gasteiger partial charge in [-0.3, -0.25) is 4.79 Å². The highest BCUT2D eigenvalue weighted by Crippen LogP contribution is 2.21. The molecule has 28 heavy (non-hydrogen) atoms. The molecule has 0 bridgehead atoms. The third kappa shape index (κ3) is 5.37. The quantitative estimate of drug-likeness (QED) is 0.473. The van der Waals surface area contributed by atoms with Gasteiger partial charge in [0.15, 0.2) is 0 Å². The summed E-state index contributed by atoms with van der Waals surface area (Å²) in [5.74, 6) is 0.602. The first-order chi connectivity index (χ1) is 13.5. The Morgan fingerprint density at radius 3 is 2.93 bits per heavy atom. The molecule has 8 heteroatoms. The van der Waals surface area contributed by atoms with Crippen LogP contribution in [-0.4, -0.2) is 28.7 Å². The second-order valence-corrected chi connectivity index (χ2v) is 7.39. The molecule has 3 rings (SSSR count). The number of rotatable bonds is 7. The molecule has 0 spiro atoms. The maximum absolute atomic E-state index is 12.3. The highest BCUT2D eigenvalue weighted by Gasteiger charge is 2.11. The van der Waals surface area contributed by atoms with E-state index in [-0.39, 0.29) is 5.69 Å². The van der Waals surface area contributed by atoms with Gasteiger partial charge in [-0.05, 0) is 41.1 Å². The smallest absolute Gasteiger partial charge is 0.346 e. The van der Waals surface area contributed by atoms with Crippen molar-refractivity contribution in [1.82, 2.24) is 15.4 Å². The van der Waals surface area contributed by atoms with Gasteiger partial charge in [0.25, 0.3) is 5.91 Å². The standard InChI is InChI=1S/C20H20N4O3S/c1-13(2)12-27-15-6-3-5-14(9-15)11-21-24-19(25)17-10-16(22-20(26)23-17)18-7-4-8-28-18/h3-11,13H,12H2,1-2H3,(H,24,25)(H,22,23,26)/b21-11+. The van der Waals surface area contributed by atoms with Crippen LogP contribution in [0.5, 0.6) is 5.75 Å². The lowest BCUT2D eigenvalue weighted by Crippen LogP contribution is -2.24. The summed E-state index contributed by atoms with van der Waals surface area (Å²) in [6.45, 7) is 4.78. The predicted molar refractivity (Wildman–Crippen MR) is 110 cm³/mol. The SMILES string of the molecule is CC(C)COc1cccc(/C=N/NC(=O)c2cc(-c3cccs3)[nH]c(=O)n2)c1. The van der Waals surface area contributed by atoms with Crippen molar-refractivity contribution in [2.75, 3.05) is 6.61 Å².